The second-order valence-corrected chi connectivity index (χ2v) is 6.50. The molecule has 1 aliphatic carbocycles. The fraction of sp³-hybridized carbons (Fsp3) is 0.625. The van der Waals surface area contributed by atoms with Crippen LogP contribution in [0.4, 0.5) is 10.1 Å². The molecule has 3 rings (SSSR count). The van der Waals surface area contributed by atoms with Crippen molar-refractivity contribution in [1.82, 2.24) is 4.90 Å². The predicted molar refractivity (Wildman–Crippen MR) is 80.9 cm³/mol. The third kappa shape index (κ3) is 2.99. The molecule has 2 aliphatic rings. The van der Waals surface area contributed by atoms with E-state index in [1.807, 2.05) is 0 Å². The van der Waals surface area contributed by atoms with Crippen molar-refractivity contribution in [2.45, 2.75) is 37.6 Å². The molecular formula is C16H22FN3O. The van der Waals surface area contributed by atoms with E-state index in [1.54, 1.807) is 6.07 Å². The molecule has 1 aliphatic heterocycles. The number of benzene rings is 1. The summed E-state index contributed by atoms with van der Waals surface area (Å²) in [4.78, 5) is 12.8. The van der Waals surface area contributed by atoms with Crippen molar-refractivity contribution >= 4 is 5.69 Å². The zero-order valence-corrected chi connectivity index (χ0v) is 12.2. The summed E-state index contributed by atoms with van der Waals surface area (Å²) in [6.07, 6.45) is 5.51. The van der Waals surface area contributed by atoms with Gasteiger partial charge in [0.15, 0.2) is 5.82 Å². The first-order valence-electron chi connectivity index (χ1n) is 7.74. The highest BCUT2D eigenvalue weighted by Gasteiger charge is 2.42. The number of hydrogen-bond acceptors (Lipinski definition) is 4. The van der Waals surface area contributed by atoms with Crippen molar-refractivity contribution in [3.63, 3.8) is 0 Å². The Bertz CT molecular complexity index is 536. The van der Waals surface area contributed by atoms with Crippen molar-refractivity contribution in [1.29, 1.82) is 0 Å². The Hall–Kier alpha value is -1.33. The molecule has 0 aromatic heterocycles. The molecular weight excluding hydrogens is 269 g/mol. The first-order valence-corrected chi connectivity index (χ1v) is 7.74. The number of halogens is 1. The fourth-order valence-electron chi connectivity index (χ4n) is 3.81. The monoisotopic (exact) mass is 291 g/mol. The minimum atomic E-state index is -0.530. The average Bonchev–Trinajstić information content (AvgIpc) is 2.86. The minimum absolute atomic E-state index is 0.0693. The zero-order chi connectivity index (χ0) is 14.9. The molecule has 0 spiro atoms. The predicted octanol–water partition coefficient (Wildman–Crippen LogP) is 2.97. The third-order valence-electron chi connectivity index (χ3n) is 5.21. The maximum atomic E-state index is 13.5. The SMILES string of the molecule is N[C@@]12CCC[C@@H]1CN(CCc1ccc(N=O)c(F)c1)CC2. The van der Waals surface area contributed by atoms with Gasteiger partial charge < -0.3 is 10.6 Å². The Morgan fingerprint density at radius 1 is 1.43 bits per heavy atom. The summed E-state index contributed by atoms with van der Waals surface area (Å²) < 4.78 is 13.5. The van der Waals surface area contributed by atoms with Crippen molar-refractivity contribution in [2.24, 2.45) is 16.8 Å². The highest BCUT2D eigenvalue weighted by Crippen LogP contribution is 2.39. The van der Waals surface area contributed by atoms with Gasteiger partial charge >= 0.3 is 0 Å². The summed E-state index contributed by atoms with van der Waals surface area (Å²) in [6, 6.07) is 4.66. The summed E-state index contributed by atoms with van der Waals surface area (Å²) in [7, 11) is 0. The van der Waals surface area contributed by atoms with Crippen molar-refractivity contribution in [3.8, 4) is 0 Å². The summed E-state index contributed by atoms with van der Waals surface area (Å²) in [6.45, 7) is 3.01. The van der Waals surface area contributed by atoms with Crippen LogP contribution in [0.2, 0.25) is 0 Å². The van der Waals surface area contributed by atoms with Gasteiger partial charge in [0.05, 0.1) is 0 Å². The lowest BCUT2D eigenvalue weighted by atomic mass is 9.81. The van der Waals surface area contributed by atoms with Gasteiger partial charge in [0.2, 0.25) is 0 Å². The largest absolute Gasteiger partial charge is 0.325 e. The topological polar surface area (TPSA) is 58.7 Å². The molecule has 1 aromatic rings. The van der Waals surface area contributed by atoms with Crippen LogP contribution in [0, 0.1) is 16.6 Å². The van der Waals surface area contributed by atoms with Gasteiger partial charge in [-0.2, -0.15) is 0 Å². The Morgan fingerprint density at radius 2 is 2.29 bits per heavy atom. The van der Waals surface area contributed by atoms with Gasteiger partial charge in [0, 0.05) is 18.6 Å². The molecule has 2 atom stereocenters. The zero-order valence-electron chi connectivity index (χ0n) is 12.2. The second kappa shape index (κ2) is 5.81. The molecule has 4 nitrogen and oxygen atoms in total. The van der Waals surface area contributed by atoms with Gasteiger partial charge in [0.1, 0.15) is 5.69 Å². The first-order chi connectivity index (χ1) is 10.1. The molecule has 2 N–H and O–H groups in total. The Morgan fingerprint density at radius 3 is 3.05 bits per heavy atom. The quantitative estimate of drug-likeness (QED) is 0.868. The van der Waals surface area contributed by atoms with E-state index in [1.165, 1.54) is 25.0 Å². The van der Waals surface area contributed by atoms with E-state index in [0.717, 1.165) is 44.5 Å². The lowest BCUT2D eigenvalue weighted by Crippen LogP contribution is -2.54. The number of nitroso groups, excluding NO2 is 1. The molecule has 1 saturated heterocycles. The summed E-state index contributed by atoms with van der Waals surface area (Å²) >= 11 is 0. The first kappa shape index (κ1) is 14.6. The highest BCUT2D eigenvalue weighted by atomic mass is 19.1. The molecule has 114 valence electrons. The smallest absolute Gasteiger partial charge is 0.152 e. The van der Waals surface area contributed by atoms with Crippen LogP contribution in [0.3, 0.4) is 0 Å². The Labute approximate surface area is 124 Å². The standard InChI is InChI=1S/C16H22FN3O/c17-14-10-12(3-4-15(14)19-21)5-8-20-9-7-16(18)6-1-2-13(16)11-20/h3-4,10,13H,1-2,5-9,11,18H2/t13-,16-/m1/s1. The molecule has 0 amide bonds. The van der Waals surface area contributed by atoms with Crippen LogP contribution in [0.1, 0.15) is 31.2 Å². The second-order valence-electron chi connectivity index (χ2n) is 6.50. The van der Waals surface area contributed by atoms with Crippen LogP contribution >= 0.6 is 0 Å². The lowest BCUT2D eigenvalue weighted by molar-refractivity contribution is 0.116. The number of nitrogens with zero attached hydrogens (tertiary/aromatic N) is 2. The van der Waals surface area contributed by atoms with Gasteiger partial charge in [-0.3, -0.25) is 0 Å². The minimum Gasteiger partial charge on any atom is -0.325 e. The van der Waals surface area contributed by atoms with Gasteiger partial charge in [0.25, 0.3) is 0 Å². The lowest BCUT2D eigenvalue weighted by Gasteiger charge is -2.42. The molecule has 21 heavy (non-hydrogen) atoms. The molecule has 1 saturated carbocycles. The van der Waals surface area contributed by atoms with Crippen LogP contribution in [0.25, 0.3) is 0 Å². The molecule has 1 heterocycles. The van der Waals surface area contributed by atoms with Crippen molar-refractivity contribution in [3.05, 3.63) is 34.5 Å². The van der Waals surface area contributed by atoms with Crippen LogP contribution in [0.15, 0.2) is 23.4 Å². The summed E-state index contributed by atoms with van der Waals surface area (Å²) in [5.74, 6) is 0.0857. The van der Waals surface area contributed by atoms with Gasteiger partial charge in [-0.05, 0) is 61.0 Å². The summed E-state index contributed by atoms with van der Waals surface area (Å²) in [5, 5.41) is 2.66. The maximum absolute atomic E-state index is 13.5. The molecule has 0 bridgehead atoms. The number of piperidine rings is 1. The van der Waals surface area contributed by atoms with E-state index >= 15 is 0 Å². The highest BCUT2D eigenvalue weighted by molar-refractivity contribution is 5.40. The average molecular weight is 291 g/mol. The molecule has 0 unspecified atom stereocenters. The number of hydrogen-bond donors (Lipinski definition) is 1. The van der Waals surface area contributed by atoms with E-state index in [0.29, 0.717) is 5.92 Å². The van der Waals surface area contributed by atoms with Crippen LogP contribution in [0.5, 0.6) is 0 Å². The molecule has 1 aromatic carbocycles. The summed E-state index contributed by atoms with van der Waals surface area (Å²) in [5.41, 5.74) is 7.34. The van der Waals surface area contributed by atoms with Gasteiger partial charge in [-0.15, -0.1) is 4.91 Å². The molecule has 0 radical (unpaired) electrons. The van der Waals surface area contributed by atoms with E-state index in [9.17, 15) is 9.30 Å². The number of rotatable bonds is 4. The number of fused-ring (bicyclic) bond motifs is 1. The maximum Gasteiger partial charge on any atom is 0.152 e. The number of nitrogens with two attached hydrogens (primary N) is 1. The number of likely N-dealkylation sites (tertiary alicyclic amines) is 1. The van der Waals surface area contributed by atoms with E-state index in [4.69, 9.17) is 5.73 Å². The Balaban J connectivity index is 1.56. The fourth-order valence-corrected chi connectivity index (χ4v) is 3.81. The normalized spacial score (nSPS) is 29.3. The van der Waals surface area contributed by atoms with Crippen LogP contribution in [-0.2, 0) is 6.42 Å². The van der Waals surface area contributed by atoms with Gasteiger partial charge in [-0.25, -0.2) is 4.39 Å². The molecule has 2 fully saturated rings. The van der Waals surface area contributed by atoms with Crippen LogP contribution < -0.4 is 5.73 Å². The Kier molecular flexibility index (Phi) is 4.04. The van der Waals surface area contributed by atoms with E-state index < -0.39 is 5.82 Å². The van der Waals surface area contributed by atoms with Crippen molar-refractivity contribution < 1.29 is 4.39 Å². The third-order valence-corrected chi connectivity index (χ3v) is 5.21. The van der Waals surface area contributed by atoms with E-state index in [-0.39, 0.29) is 11.2 Å². The molecule has 5 heteroatoms. The van der Waals surface area contributed by atoms with Gasteiger partial charge in [-0.1, -0.05) is 12.5 Å². The van der Waals surface area contributed by atoms with Crippen LogP contribution in [-0.4, -0.2) is 30.1 Å². The van der Waals surface area contributed by atoms with E-state index in [2.05, 4.69) is 10.1 Å². The van der Waals surface area contributed by atoms with Crippen molar-refractivity contribution in [2.75, 3.05) is 19.6 Å².